The van der Waals surface area contributed by atoms with Crippen LogP contribution in [0.25, 0.3) is 0 Å². The first kappa shape index (κ1) is 12.9. The van der Waals surface area contributed by atoms with Gasteiger partial charge in [-0.1, -0.05) is 13.8 Å². The quantitative estimate of drug-likeness (QED) is 0.596. The number of halogens is 1. The van der Waals surface area contributed by atoms with Gasteiger partial charge in [-0.05, 0) is 12.0 Å². The average Bonchev–Trinajstić information content (AvgIpc) is 2.25. The van der Waals surface area contributed by atoms with Crippen molar-refractivity contribution in [3.63, 3.8) is 0 Å². The van der Waals surface area contributed by atoms with Gasteiger partial charge >= 0.3 is 5.69 Å². The maximum absolute atomic E-state index is 13.0. The van der Waals surface area contributed by atoms with E-state index >= 15 is 0 Å². The van der Waals surface area contributed by atoms with Crippen molar-refractivity contribution >= 4 is 5.69 Å². The molecular formula is C11H11FN2O3. The second-order valence-electron chi connectivity index (χ2n) is 3.88. The molecule has 0 radical (unpaired) electrons. The topological polar surface area (TPSA) is 76.2 Å². The summed E-state index contributed by atoms with van der Waals surface area (Å²) >= 11 is 0. The van der Waals surface area contributed by atoms with Crippen LogP contribution < -0.4 is 4.74 Å². The minimum Gasteiger partial charge on any atom is -0.486 e. The van der Waals surface area contributed by atoms with Crippen molar-refractivity contribution in [2.45, 2.75) is 13.8 Å². The van der Waals surface area contributed by atoms with E-state index < -0.39 is 16.4 Å². The molecule has 0 heterocycles. The van der Waals surface area contributed by atoms with E-state index in [1.54, 1.807) is 6.07 Å². The molecule has 0 saturated carbocycles. The monoisotopic (exact) mass is 238 g/mol. The SMILES string of the molecule is CC(C)COc1c(C#N)cc(F)cc1[N+](=O)[O-]. The minimum absolute atomic E-state index is 0.145. The lowest BCUT2D eigenvalue weighted by atomic mass is 10.1. The number of hydrogen-bond donors (Lipinski definition) is 0. The normalized spacial score (nSPS) is 10.1. The molecule has 0 aliphatic heterocycles. The molecule has 1 aromatic carbocycles. The van der Waals surface area contributed by atoms with Gasteiger partial charge in [0.05, 0.1) is 17.6 Å². The molecule has 0 amide bonds. The highest BCUT2D eigenvalue weighted by Gasteiger charge is 2.21. The third-order valence-corrected chi connectivity index (χ3v) is 1.91. The lowest BCUT2D eigenvalue weighted by Gasteiger charge is -2.10. The first-order valence-electron chi connectivity index (χ1n) is 4.96. The number of nitrogens with zero attached hydrogens (tertiary/aromatic N) is 2. The molecule has 6 heteroatoms. The maximum Gasteiger partial charge on any atom is 0.315 e. The smallest absolute Gasteiger partial charge is 0.315 e. The molecule has 1 aromatic rings. The Hall–Kier alpha value is -2.16. The number of ether oxygens (including phenoxy) is 1. The van der Waals surface area contributed by atoms with Crippen molar-refractivity contribution in [3.8, 4) is 11.8 Å². The molecule has 0 unspecified atom stereocenters. The predicted molar refractivity (Wildman–Crippen MR) is 58.1 cm³/mol. The Morgan fingerprint density at radius 2 is 2.24 bits per heavy atom. The zero-order valence-corrected chi connectivity index (χ0v) is 9.44. The summed E-state index contributed by atoms with van der Waals surface area (Å²) in [6.07, 6.45) is 0. The molecule has 5 nitrogen and oxygen atoms in total. The van der Waals surface area contributed by atoms with E-state index in [9.17, 15) is 14.5 Å². The van der Waals surface area contributed by atoms with Crippen LogP contribution in [0.1, 0.15) is 19.4 Å². The number of rotatable bonds is 4. The van der Waals surface area contributed by atoms with Crippen LogP contribution in [0.4, 0.5) is 10.1 Å². The van der Waals surface area contributed by atoms with E-state index in [0.717, 1.165) is 12.1 Å². The lowest BCUT2D eigenvalue weighted by Crippen LogP contribution is -2.08. The highest BCUT2D eigenvalue weighted by molar-refractivity contribution is 5.56. The minimum atomic E-state index is -0.829. The molecule has 0 aromatic heterocycles. The third kappa shape index (κ3) is 3.14. The zero-order valence-electron chi connectivity index (χ0n) is 9.44. The first-order chi connectivity index (χ1) is 7.95. The van der Waals surface area contributed by atoms with Crippen molar-refractivity contribution in [3.05, 3.63) is 33.6 Å². The second kappa shape index (κ2) is 5.25. The number of hydrogen-bond acceptors (Lipinski definition) is 4. The van der Waals surface area contributed by atoms with Gasteiger partial charge in [0.25, 0.3) is 0 Å². The van der Waals surface area contributed by atoms with Crippen LogP contribution in [0.15, 0.2) is 12.1 Å². The van der Waals surface area contributed by atoms with Crippen LogP contribution in [0.2, 0.25) is 0 Å². The van der Waals surface area contributed by atoms with Crippen LogP contribution >= 0.6 is 0 Å². The van der Waals surface area contributed by atoms with E-state index in [4.69, 9.17) is 10.00 Å². The molecule has 1 rings (SSSR count). The van der Waals surface area contributed by atoms with Crippen LogP contribution in [0, 0.1) is 33.2 Å². The highest BCUT2D eigenvalue weighted by Crippen LogP contribution is 2.32. The van der Waals surface area contributed by atoms with E-state index in [-0.39, 0.29) is 23.8 Å². The summed E-state index contributed by atoms with van der Waals surface area (Å²) in [7, 11) is 0. The second-order valence-corrected chi connectivity index (χ2v) is 3.88. The third-order valence-electron chi connectivity index (χ3n) is 1.91. The van der Waals surface area contributed by atoms with Gasteiger partial charge in [0, 0.05) is 0 Å². The number of benzene rings is 1. The van der Waals surface area contributed by atoms with Gasteiger partial charge in [0.15, 0.2) is 0 Å². The molecular weight excluding hydrogens is 227 g/mol. The molecule has 0 aliphatic carbocycles. The van der Waals surface area contributed by atoms with Crippen molar-refractivity contribution < 1.29 is 14.1 Å². The largest absolute Gasteiger partial charge is 0.486 e. The average molecular weight is 238 g/mol. The fraction of sp³-hybridized carbons (Fsp3) is 0.364. The number of nitro benzene ring substituents is 1. The molecule has 0 N–H and O–H groups in total. The Morgan fingerprint density at radius 3 is 2.71 bits per heavy atom. The van der Waals surface area contributed by atoms with E-state index in [2.05, 4.69) is 0 Å². The molecule has 17 heavy (non-hydrogen) atoms. The van der Waals surface area contributed by atoms with Crippen molar-refractivity contribution in [1.82, 2.24) is 0 Å². The molecule has 0 spiro atoms. The van der Waals surface area contributed by atoms with Crippen LogP contribution in [0.3, 0.4) is 0 Å². The van der Waals surface area contributed by atoms with Gasteiger partial charge in [0.2, 0.25) is 5.75 Å². The summed E-state index contributed by atoms with van der Waals surface area (Å²) in [5.74, 6) is -0.857. The molecule has 0 bridgehead atoms. The van der Waals surface area contributed by atoms with E-state index in [1.165, 1.54) is 0 Å². The fourth-order valence-electron chi connectivity index (χ4n) is 1.20. The summed E-state index contributed by atoms with van der Waals surface area (Å²) < 4.78 is 18.2. The van der Waals surface area contributed by atoms with Gasteiger partial charge in [-0.2, -0.15) is 5.26 Å². The Morgan fingerprint density at radius 1 is 1.59 bits per heavy atom. The van der Waals surface area contributed by atoms with Gasteiger partial charge in [-0.15, -0.1) is 0 Å². The Kier molecular flexibility index (Phi) is 3.99. The molecule has 0 aliphatic rings. The van der Waals surface area contributed by atoms with Gasteiger partial charge in [0.1, 0.15) is 17.4 Å². The number of nitro groups is 1. The molecule has 0 saturated heterocycles. The van der Waals surface area contributed by atoms with Gasteiger partial charge in [-0.25, -0.2) is 4.39 Å². The standard InChI is InChI=1S/C11H11FN2O3/c1-7(2)6-17-11-8(5-13)3-9(12)4-10(11)14(15)16/h3-4,7H,6H2,1-2H3. The zero-order chi connectivity index (χ0) is 13.0. The summed E-state index contributed by atoms with van der Waals surface area (Å²) in [5, 5.41) is 19.5. The summed E-state index contributed by atoms with van der Waals surface area (Å²) in [6, 6.07) is 3.35. The van der Waals surface area contributed by atoms with E-state index in [1.807, 2.05) is 13.8 Å². The summed E-state index contributed by atoms with van der Waals surface area (Å²) in [5.41, 5.74) is -0.695. The van der Waals surface area contributed by atoms with Crippen LogP contribution in [0.5, 0.6) is 5.75 Å². The molecule has 90 valence electrons. The molecule has 0 fully saturated rings. The first-order valence-corrected chi connectivity index (χ1v) is 4.96. The van der Waals surface area contributed by atoms with Crippen LogP contribution in [-0.2, 0) is 0 Å². The van der Waals surface area contributed by atoms with Crippen LogP contribution in [-0.4, -0.2) is 11.5 Å². The Labute approximate surface area is 97.6 Å². The molecule has 0 atom stereocenters. The van der Waals surface area contributed by atoms with Crippen molar-refractivity contribution in [2.24, 2.45) is 5.92 Å². The number of nitriles is 1. The van der Waals surface area contributed by atoms with Gasteiger partial charge < -0.3 is 4.74 Å². The fourth-order valence-corrected chi connectivity index (χ4v) is 1.20. The van der Waals surface area contributed by atoms with Crippen molar-refractivity contribution in [2.75, 3.05) is 6.61 Å². The lowest BCUT2D eigenvalue weighted by molar-refractivity contribution is -0.386. The predicted octanol–water partition coefficient (Wildman–Crippen LogP) is 2.64. The van der Waals surface area contributed by atoms with Gasteiger partial charge in [-0.3, -0.25) is 10.1 Å². The highest BCUT2D eigenvalue weighted by atomic mass is 19.1. The summed E-state index contributed by atoms with van der Waals surface area (Å²) in [4.78, 5) is 9.97. The Balaban J connectivity index is 3.23. The maximum atomic E-state index is 13.0. The Bertz CT molecular complexity index is 480. The van der Waals surface area contributed by atoms with E-state index in [0.29, 0.717) is 0 Å². The van der Waals surface area contributed by atoms with Crippen molar-refractivity contribution in [1.29, 1.82) is 5.26 Å². The summed E-state index contributed by atoms with van der Waals surface area (Å²) in [6.45, 7) is 3.95.